The van der Waals surface area contributed by atoms with Gasteiger partial charge in [0.1, 0.15) is 12.4 Å². The van der Waals surface area contributed by atoms with Crippen LogP contribution in [-0.4, -0.2) is 50.7 Å². The molecule has 6 rings (SSSR count). The number of hydrogen-bond acceptors (Lipinski definition) is 6. The lowest BCUT2D eigenvalue weighted by atomic mass is 10.1. The Labute approximate surface area is 210 Å². The third-order valence-corrected chi connectivity index (χ3v) is 6.53. The zero-order chi connectivity index (χ0) is 24.2. The Kier molecular flexibility index (Phi) is 6.29. The van der Waals surface area contributed by atoms with Gasteiger partial charge >= 0.3 is 0 Å². The zero-order valence-electron chi connectivity index (χ0n) is 20.1. The van der Waals surface area contributed by atoms with E-state index in [9.17, 15) is 0 Å². The molecule has 7 nitrogen and oxygen atoms in total. The third kappa shape index (κ3) is 4.65. The summed E-state index contributed by atoms with van der Waals surface area (Å²) in [6, 6.07) is 26.4. The SMILES string of the molecule is c1ccc(N(c2ccc(OCCN3CCCC3)cc2)c2nc3c(-c4ccncc4)cccn3n2)cc1. The fourth-order valence-electron chi connectivity index (χ4n) is 4.69. The van der Waals surface area contributed by atoms with Crippen LogP contribution in [0.2, 0.25) is 0 Å². The first-order valence-electron chi connectivity index (χ1n) is 12.4. The summed E-state index contributed by atoms with van der Waals surface area (Å²) in [5.41, 5.74) is 4.81. The molecule has 0 N–H and O–H groups in total. The van der Waals surface area contributed by atoms with Crippen LogP contribution in [0.4, 0.5) is 17.3 Å². The van der Waals surface area contributed by atoms with Crippen molar-refractivity contribution < 1.29 is 4.74 Å². The summed E-state index contributed by atoms with van der Waals surface area (Å²) in [4.78, 5) is 13.7. The fourth-order valence-corrected chi connectivity index (χ4v) is 4.69. The van der Waals surface area contributed by atoms with E-state index in [1.165, 1.54) is 25.9 Å². The van der Waals surface area contributed by atoms with Gasteiger partial charge in [0.2, 0.25) is 0 Å². The number of nitrogens with zero attached hydrogens (tertiary/aromatic N) is 6. The second kappa shape index (κ2) is 10.2. The maximum absolute atomic E-state index is 6.03. The number of fused-ring (bicyclic) bond motifs is 1. The molecule has 0 unspecified atom stereocenters. The van der Waals surface area contributed by atoms with E-state index in [0.717, 1.165) is 40.4 Å². The van der Waals surface area contributed by atoms with E-state index in [0.29, 0.717) is 12.6 Å². The first kappa shape index (κ1) is 22.2. The maximum atomic E-state index is 6.03. The van der Waals surface area contributed by atoms with Crippen LogP contribution in [0.5, 0.6) is 5.75 Å². The predicted molar refractivity (Wildman–Crippen MR) is 142 cm³/mol. The van der Waals surface area contributed by atoms with Crippen LogP contribution >= 0.6 is 0 Å². The van der Waals surface area contributed by atoms with E-state index in [2.05, 4.69) is 45.1 Å². The third-order valence-electron chi connectivity index (χ3n) is 6.53. The predicted octanol–water partition coefficient (Wildman–Crippen LogP) is 5.74. The quantitative estimate of drug-likeness (QED) is 0.285. The molecule has 0 amide bonds. The van der Waals surface area contributed by atoms with Crippen molar-refractivity contribution in [3.05, 3.63) is 97.5 Å². The molecule has 0 saturated carbocycles. The van der Waals surface area contributed by atoms with Crippen molar-refractivity contribution >= 4 is 23.0 Å². The van der Waals surface area contributed by atoms with Crippen molar-refractivity contribution in [3.8, 4) is 16.9 Å². The Morgan fingerprint density at radius 3 is 2.33 bits per heavy atom. The summed E-state index contributed by atoms with van der Waals surface area (Å²) >= 11 is 0. The molecule has 0 aliphatic carbocycles. The van der Waals surface area contributed by atoms with Crippen LogP contribution in [0.25, 0.3) is 16.8 Å². The lowest BCUT2D eigenvalue weighted by Crippen LogP contribution is -2.25. The molecule has 5 aromatic rings. The minimum absolute atomic E-state index is 0.602. The van der Waals surface area contributed by atoms with Crippen molar-refractivity contribution in [2.24, 2.45) is 0 Å². The molecule has 0 bridgehead atoms. The van der Waals surface area contributed by atoms with E-state index in [1.807, 2.05) is 59.2 Å². The second-order valence-corrected chi connectivity index (χ2v) is 8.90. The minimum atomic E-state index is 0.602. The topological polar surface area (TPSA) is 58.8 Å². The summed E-state index contributed by atoms with van der Waals surface area (Å²) < 4.78 is 7.86. The Morgan fingerprint density at radius 1 is 0.806 bits per heavy atom. The highest BCUT2D eigenvalue weighted by Gasteiger charge is 2.19. The summed E-state index contributed by atoms with van der Waals surface area (Å²) in [7, 11) is 0. The molecular formula is C29H28N6O. The Hall–Kier alpha value is -4.23. The molecule has 1 aliphatic rings. The first-order valence-corrected chi connectivity index (χ1v) is 12.4. The number of anilines is 3. The van der Waals surface area contributed by atoms with Gasteiger partial charge in [-0.2, -0.15) is 4.98 Å². The number of rotatable bonds is 8. The smallest absolute Gasteiger partial charge is 0.254 e. The molecule has 2 aromatic carbocycles. The standard InChI is InChI=1S/C29H28N6O/c1-2-7-24(8-3-1)35(25-10-12-26(13-11-25)36-22-21-33-18-4-5-19-33)29-31-28-27(9-6-20-34(28)32-29)23-14-16-30-17-15-23/h1-3,6-17,20H,4-5,18-19,21-22H2. The molecule has 0 spiro atoms. The largest absolute Gasteiger partial charge is 0.492 e. The molecule has 36 heavy (non-hydrogen) atoms. The zero-order valence-corrected chi connectivity index (χ0v) is 20.1. The van der Waals surface area contributed by atoms with E-state index < -0.39 is 0 Å². The average Bonchev–Trinajstić information content (AvgIpc) is 3.61. The average molecular weight is 477 g/mol. The lowest BCUT2D eigenvalue weighted by Gasteiger charge is -2.21. The number of aromatic nitrogens is 4. The molecule has 180 valence electrons. The minimum Gasteiger partial charge on any atom is -0.492 e. The van der Waals surface area contributed by atoms with Gasteiger partial charge in [0.25, 0.3) is 5.95 Å². The summed E-state index contributed by atoms with van der Waals surface area (Å²) in [5, 5.41) is 4.85. The summed E-state index contributed by atoms with van der Waals surface area (Å²) in [6.07, 6.45) is 8.11. The van der Waals surface area contributed by atoms with Gasteiger partial charge in [0, 0.05) is 42.1 Å². The van der Waals surface area contributed by atoms with Crippen molar-refractivity contribution in [3.63, 3.8) is 0 Å². The van der Waals surface area contributed by atoms with Gasteiger partial charge in [0.05, 0.1) is 0 Å². The number of likely N-dealkylation sites (tertiary alicyclic amines) is 1. The fraction of sp³-hybridized carbons (Fsp3) is 0.207. The molecule has 1 fully saturated rings. The number of hydrogen-bond donors (Lipinski definition) is 0. The van der Waals surface area contributed by atoms with Crippen LogP contribution in [0.3, 0.4) is 0 Å². The molecular weight excluding hydrogens is 448 g/mol. The number of pyridine rings is 2. The van der Waals surface area contributed by atoms with E-state index in [1.54, 1.807) is 12.4 Å². The van der Waals surface area contributed by atoms with Crippen molar-refractivity contribution in [1.29, 1.82) is 0 Å². The molecule has 4 heterocycles. The Morgan fingerprint density at radius 2 is 1.56 bits per heavy atom. The van der Waals surface area contributed by atoms with Gasteiger partial charge in [-0.05, 0) is 92.2 Å². The van der Waals surface area contributed by atoms with E-state index in [-0.39, 0.29) is 0 Å². The maximum Gasteiger partial charge on any atom is 0.254 e. The van der Waals surface area contributed by atoms with Gasteiger partial charge in [-0.25, -0.2) is 4.52 Å². The molecule has 3 aromatic heterocycles. The summed E-state index contributed by atoms with van der Waals surface area (Å²) in [6.45, 7) is 4.04. The lowest BCUT2D eigenvalue weighted by molar-refractivity contribution is 0.238. The van der Waals surface area contributed by atoms with Crippen LogP contribution in [0.1, 0.15) is 12.8 Å². The van der Waals surface area contributed by atoms with Gasteiger partial charge < -0.3 is 4.74 Å². The van der Waals surface area contributed by atoms with Crippen molar-refractivity contribution in [1.82, 2.24) is 24.5 Å². The van der Waals surface area contributed by atoms with Gasteiger partial charge in [-0.15, -0.1) is 5.10 Å². The van der Waals surface area contributed by atoms with Gasteiger partial charge in [-0.1, -0.05) is 18.2 Å². The molecule has 1 saturated heterocycles. The Bertz CT molecular complexity index is 1410. The van der Waals surface area contributed by atoms with Crippen LogP contribution in [0.15, 0.2) is 97.5 Å². The number of ether oxygens (including phenoxy) is 1. The second-order valence-electron chi connectivity index (χ2n) is 8.90. The first-order chi connectivity index (χ1) is 17.8. The van der Waals surface area contributed by atoms with E-state index >= 15 is 0 Å². The Balaban J connectivity index is 1.31. The highest BCUT2D eigenvalue weighted by Crippen LogP contribution is 2.34. The van der Waals surface area contributed by atoms with Crippen molar-refractivity contribution in [2.45, 2.75) is 12.8 Å². The number of para-hydroxylation sites is 1. The van der Waals surface area contributed by atoms with E-state index in [4.69, 9.17) is 14.8 Å². The van der Waals surface area contributed by atoms with Crippen LogP contribution in [-0.2, 0) is 0 Å². The normalized spacial score (nSPS) is 13.8. The van der Waals surface area contributed by atoms with Gasteiger partial charge in [-0.3, -0.25) is 14.8 Å². The van der Waals surface area contributed by atoms with Gasteiger partial charge in [0.15, 0.2) is 5.65 Å². The summed E-state index contributed by atoms with van der Waals surface area (Å²) in [5.74, 6) is 1.47. The van der Waals surface area contributed by atoms with Crippen LogP contribution < -0.4 is 9.64 Å². The molecule has 0 atom stereocenters. The molecule has 7 heteroatoms. The monoisotopic (exact) mass is 476 g/mol. The van der Waals surface area contributed by atoms with Crippen molar-refractivity contribution in [2.75, 3.05) is 31.1 Å². The number of benzene rings is 2. The highest BCUT2D eigenvalue weighted by atomic mass is 16.5. The highest BCUT2D eigenvalue weighted by molar-refractivity contribution is 5.80. The molecule has 1 aliphatic heterocycles. The van der Waals surface area contributed by atoms with Crippen LogP contribution in [0, 0.1) is 0 Å². The molecule has 0 radical (unpaired) electrons.